The second-order valence-electron chi connectivity index (χ2n) is 8.16. The van der Waals surface area contributed by atoms with Crippen LogP contribution in [-0.4, -0.2) is 57.4 Å². The van der Waals surface area contributed by atoms with Crippen LogP contribution in [0.3, 0.4) is 0 Å². The zero-order valence-electron chi connectivity index (χ0n) is 16.9. The number of rotatable bonds is 5. The lowest BCUT2D eigenvalue weighted by Crippen LogP contribution is -2.45. The van der Waals surface area contributed by atoms with Crippen molar-refractivity contribution in [2.75, 3.05) is 19.6 Å². The Labute approximate surface area is 170 Å². The summed E-state index contributed by atoms with van der Waals surface area (Å²) in [7, 11) is 0. The van der Waals surface area contributed by atoms with E-state index in [-0.39, 0.29) is 17.9 Å². The topological polar surface area (TPSA) is 89.4 Å². The van der Waals surface area contributed by atoms with Crippen LogP contribution in [0.15, 0.2) is 30.5 Å². The van der Waals surface area contributed by atoms with Crippen molar-refractivity contribution < 1.29 is 14.3 Å². The van der Waals surface area contributed by atoms with Gasteiger partial charge < -0.3 is 15.0 Å². The van der Waals surface area contributed by atoms with Crippen LogP contribution >= 0.6 is 0 Å². The molecule has 3 heterocycles. The quantitative estimate of drug-likeness (QED) is 0.831. The first-order valence-electron chi connectivity index (χ1n) is 10.2. The molecule has 0 radical (unpaired) electrons. The van der Waals surface area contributed by atoms with Gasteiger partial charge >= 0.3 is 0 Å². The average molecular weight is 397 g/mol. The van der Waals surface area contributed by atoms with Gasteiger partial charge in [-0.3, -0.25) is 9.59 Å². The molecule has 2 aliphatic rings. The number of amides is 2. The highest BCUT2D eigenvalue weighted by atomic mass is 16.5. The Balaban J connectivity index is 1.30. The third kappa shape index (κ3) is 4.26. The molecule has 2 aromatic rings. The van der Waals surface area contributed by atoms with Crippen molar-refractivity contribution in [1.82, 2.24) is 25.2 Å². The summed E-state index contributed by atoms with van der Waals surface area (Å²) >= 11 is 0. The average Bonchev–Trinajstić information content (AvgIpc) is 3.39. The number of aromatic nitrogens is 3. The summed E-state index contributed by atoms with van der Waals surface area (Å²) in [6.45, 7) is 5.99. The molecular formula is C21H27N5O3. The van der Waals surface area contributed by atoms with Crippen LogP contribution in [-0.2, 0) is 11.2 Å². The minimum atomic E-state index is -0.424. The maximum Gasteiger partial charge on any atom is 0.273 e. The van der Waals surface area contributed by atoms with Crippen LogP contribution in [0.1, 0.15) is 48.8 Å². The Kier molecular flexibility index (Phi) is 5.51. The number of ether oxygens (including phenoxy) is 1. The molecule has 1 aromatic heterocycles. The Hall–Kier alpha value is -2.90. The molecule has 0 spiro atoms. The fourth-order valence-corrected chi connectivity index (χ4v) is 3.82. The van der Waals surface area contributed by atoms with E-state index in [2.05, 4.69) is 15.6 Å². The minimum Gasteiger partial charge on any atom is -0.480 e. The van der Waals surface area contributed by atoms with Gasteiger partial charge in [0.2, 0.25) is 0 Å². The number of likely N-dealkylation sites (tertiary alicyclic amines) is 1. The van der Waals surface area contributed by atoms with Gasteiger partial charge in [-0.25, -0.2) is 4.68 Å². The molecule has 29 heavy (non-hydrogen) atoms. The first kappa shape index (κ1) is 19.4. The number of nitrogens with one attached hydrogen (secondary N) is 1. The van der Waals surface area contributed by atoms with Gasteiger partial charge in [-0.15, -0.1) is 5.10 Å². The number of benzene rings is 1. The molecule has 8 heteroatoms. The highest BCUT2D eigenvalue weighted by molar-refractivity contribution is 5.91. The molecule has 1 atom stereocenters. The van der Waals surface area contributed by atoms with Crippen molar-refractivity contribution in [2.45, 2.75) is 45.3 Å². The molecule has 1 aromatic carbocycles. The molecule has 1 saturated heterocycles. The van der Waals surface area contributed by atoms with Crippen molar-refractivity contribution in [1.29, 1.82) is 0 Å². The van der Waals surface area contributed by atoms with E-state index < -0.39 is 6.10 Å². The van der Waals surface area contributed by atoms with Crippen LogP contribution in [0, 0.1) is 5.92 Å². The molecule has 1 fully saturated rings. The van der Waals surface area contributed by atoms with E-state index in [0.717, 1.165) is 24.2 Å². The Morgan fingerprint density at radius 2 is 2.00 bits per heavy atom. The van der Waals surface area contributed by atoms with Gasteiger partial charge in [0.1, 0.15) is 5.75 Å². The van der Waals surface area contributed by atoms with E-state index in [0.29, 0.717) is 37.7 Å². The van der Waals surface area contributed by atoms with Gasteiger partial charge in [0, 0.05) is 26.1 Å². The van der Waals surface area contributed by atoms with Crippen molar-refractivity contribution in [3.05, 3.63) is 41.7 Å². The predicted octanol–water partition coefficient (Wildman–Crippen LogP) is 1.83. The Morgan fingerprint density at radius 3 is 2.72 bits per heavy atom. The second-order valence-corrected chi connectivity index (χ2v) is 8.16. The summed E-state index contributed by atoms with van der Waals surface area (Å²) in [4.78, 5) is 26.9. The summed E-state index contributed by atoms with van der Waals surface area (Å²) in [5.41, 5.74) is 1.42. The number of carbonyl (C=O) groups excluding carboxylic acids is 2. The van der Waals surface area contributed by atoms with E-state index in [1.165, 1.54) is 0 Å². The minimum absolute atomic E-state index is 0.0481. The lowest BCUT2D eigenvalue weighted by atomic mass is 10.0. The summed E-state index contributed by atoms with van der Waals surface area (Å²) in [6.07, 6.45) is 3.47. The van der Waals surface area contributed by atoms with Crippen molar-refractivity contribution in [3.63, 3.8) is 0 Å². The van der Waals surface area contributed by atoms with Crippen LogP contribution in [0.2, 0.25) is 0 Å². The maximum absolute atomic E-state index is 12.8. The molecule has 8 nitrogen and oxygen atoms in total. The highest BCUT2D eigenvalue weighted by Crippen LogP contribution is 2.30. The molecule has 4 rings (SSSR count). The number of fused-ring (bicyclic) bond motifs is 1. The van der Waals surface area contributed by atoms with E-state index >= 15 is 0 Å². The van der Waals surface area contributed by atoms with Gasteiger partial charge in [-0.1, -0.05) is 37.3 Å². The molecule has 0 aliphatic carbocycles. The number of piperidine rings is 1. The molecule has 0 saturated carbocycles. The van der Waals surface area contributed by atoms with Gasteiger partial charge in [0.15, 0.2) is 11.8 Å². The van der Waals surface area contributed by atoms with Crippen LogP contribution in [0.5, 0.6) is 5.75 Å². The zero-order valence-corrected chi connectivity index (χ0v) is 16.9. The van der Waals surface area contributed by atoms with E-state index in [4.69, 9.17) is 4.74 Å². The summed E-state index contributed by atoms with van der Waals surface area (Å²) in [6, 6.07) is 7.95. The van der Waals surface area contributed by atoms with Gasteiger partial charge in [0.05, 0.1) is 12.2 Å². The van der Waals surface area contributed by atoms with Crippen LogP contribution in [0.25, 0.3) is 0 Å². The Bertz CT molecular complexity index is 861. The second kappa shape index (κ2) is 8.23. The number of nitrogens with zero attached hydrogens (tertiary/aromatic N) is 4. The first-order chi connectivity index (χ1) is 14.0. The SMILES string of the molecule is CC(C)CNC(=O)c1cn(C2CCN(C(=O)[C@H]3Cc4ccccc4O3)CC2)nn1. The molecule has 0 bridgehead atoms. The van der Waals surface area contributed by atoms with Crippen molar-refractivity contribution in [3.8, 4) is 5.75 Å². The monoisotopic (exact) mass is 397 g/mol. The maximum atomic E-state index is 12.8. The highest BCUT2D eigenvalue weighted by Gasteiger charge is 2.34. The third-order valence-electron chi connectivity index (χ3n) is 5.49. The van der Waals surface area contributed by atoms with Gasteiger partial charge in [0.25, 0.3) is 11.8 Å². The molecule has 0 unspecified atom stereocenters. The van der Waals surface area contributed by atoms with Crippen molar-refractivity contribution >= 4 is 11.8 Å². The molecule has 1 N–H and O–H groups in total. The first-order valence-corrected chi connectivity index (χ1v) is 10.2. The molecule has 154 valence electrons. The smallest absolute Gasteiger partial charge is 0.273 e. The fraction of sp³-hybridized carbons (Fsp3) is 0.524. The standard InChI is InChI=1S/C21H27N5O3/c1-14(2)12-22-20(27)17-13-26(24-23-17)16-7-9-25(10-8-16)21(28)19-11-15-5-3-4-6-18(15)29-19/h3-6,13-14,16,19H,7-12H2,1-2H3,(H,22,27)/t19-/m1/s1. The van der Waals surface area contributed by atoms with Crippen molar-refractivity contribution in [2.24, 2.45) is 5.92 Å². The number of hydrogen-bond donors (Lipinski definition) is 1. The molecule has 2 amide bonds. The fourth-order valence-electron chi connectivity index (χ4n) is 3.82. The third-order valence-corrected chi connectivity index (χ3v) is 5.49. The van der Waals surface area contributed by atoms with E-state index in [9.17, 15) is 9.59 Å². The normalized spacial score (nSPS) is 19.1. The van der Waals surface area contributed by atoms with Gasteiger partial charge in [-0.05, 0) is 30.4 Å². The summed E-state index contributed by atoms with van der Waals surface area (Å²) in [5.74, 6) is 1.04. The molecular weight excluding hydrogens is 370 g/mol. The van der Waals surface area contributed by atoms with Crippen LogP contribution in [0.4, 0.5) is 0 Å². The lowest BCUT2D eigenvalue weighted by Gasteiger charge is -2.33. The predicted molar refractivity (Wildman–Crippen MR) is 107 cm³/mol. The number of carbonyl (C=O) groups is 2. The summed E-state index contributed by atoms with van der Waals surface area (Å²) < 4.78 is 7.60. The van der Waals surface area contributed by atoms with Gasteiger partial charge in [-0.2, -0.15) is 0 Å². The van der Waals surface area contributed by atoms with E-state index in [1.807, 2.05) is 43.0 Å². The lowest BCUT2D eigenvalue weighted by molar-refractivity contribution is -0.139. The summed E-state index contributed by atoms with van der Waals surface area (Å²) in [5, 5.41) is 11.0. The number of hydrogen-bond acceptors (Lipinski definition) is 5. The largest absolute Gasteiger partial charge is 0.480 e. The van der Waals surface area contributed by atoms with Crippen LogP contribution < -0.4 is 10.1 Å². The molecule has 2 aliphatic heterocycles. The zero-order chi connectivity index (χ0) is 20.4. The van der Waals surface area contributed by atoms with E-state index in [1.54, 1.807) is 10.9 Å². The Morgan fingerprint density at radius 1 is 1.24 bits per heavy atom. The number of para-hydroxylation sites is 1.